The highest BCUT2D eigenvalue weighted by Gasteiger charge is 2.13. The minimum atomic E-state index is -0.603. The third-order valence-electron chi connectivity index (χ3n) is 2.67. The summed E-state index contributed by atoms with van der Waals surface area (Å²) in [6.45, 7) is 0. The van der Waals surface area contributed by atoms with Gasteiger partial charge in [-0.1, -0.05) is 23.4 Å². The minimum absolute atomic E-state index is 0.0120. The van der Waals surface area contributed by atoms with E-state index in [9.17, 15) is 9.18 Å². The fourth-order valence-corrected chi connectivity index (χ4v) is 2.39. The molecule has 0 unspecified atom stereocenters. The molecule has 0 fully saturated rings. The van der Waals surface area contributed by atoms with Crippen LogP contribution in [-0.2, 0) is 4.79 Å². The highest BCUT2D eigenvalue weighted by molar-refractivity contribution is 7.99. The van der Waals surface area contributed by atoms with Crippen LogP contribution < -0.4 is 5.32 Å². The number of amides is 1. The van der Waals surface area contributed by atoms with E-state index in [1.165, 1.54) is 18.4 Å². The number of rotatable bonds is 5. The summed E-state index contributed by atoms with van der Waals surface area (Å²) in [7, 11) is 0. The van der Waals surface area contributed by atoms with Crippen LogP contribution in [0.4, 0.5) is 10.1 Å². The molecule has 6 nitrogen and oxygen atoms in total. The summed E-state index contributed by atoms with van der Waals surface area (Å²) in [6.07, 6.45) is 1.49. The van der Waals surface area contributed by atoms with Gasteiger partial charge in [0, 0.05) is 5.02 Å². The van der Waals surface area contributed by atoms with E-state index in [1.54, 1.807) is 12.1 Å². The smallest absolute Gasteiger partial charge is 0.284 e. The standard InChI is InChI=1S/C14H9ClFN3O3S/c15-8-3-4-10(9(16)6-8)17-12(20)7-23-14-19-18-13(22-14)11-2-1-5-21-11/h1-6H,7H2,(H,17,20). The predicted molar refractivity (Wildman–Crippen MR) is 82.8 cm³/mol. The number of benzene rings is 1. The number of thioether (sulfide) groups is 1. The van der Waals surface area contributed by atoms with Crippen molar-refractivity contribution in [2.45, 2.75) is 5.22 Å². The van der Waals surface area contributed by atoms with Gasteiger partial charge in [-0.2, -0.15) is 0 Å². The fraction of sp³-hybridized carbons (Fsp3) is 0.0714. The van der Waals surface area contributed by atoms with E-state index in [4.69, 9.17) is 20.4 Å². The van der Waals surface area contributed by atoms with Crippen LogP contribution in [0.5, 0.6) is 0 Å². The Balaban J connectivity index is 1.57. The molecule has 3 aromatic rings. The van der Waals surface area contributed by atoms with Crippen LogP contribution in [-0.4, -0.2) is 21.9 Å². The minimum Gasteiger partial charge on any atom is -0.459 e. The Morgan fingerprint density at radius 3 is 2.96 bits per heavy atom. The van der Waals surface area contributed by atoms with Crippen LogP contribution in [0.1, 0.15) is 0 Å². The number of hydrogen-bond donors (Lipinski definition) is 1. The Bertz CT molecular complexity index is 823. The molecule has 2 heterocycles. The third-order valence-corrected chi connectivity index (χ3v) is 3.72. The molecule has 1 amide bonds. The molecule has 0 bridgehead atoms. The van der Waals surface area contributed by atoms with Crippen LogP contribution in [0.3, 0.4) is 0 Å². The maximum atomic E-state index is 13.6. The zero-order chi connectivity index (χ0) is 16.2. The van der Waals surface area contributed by atoms with Gasteiger partial charge in [0.1, 0.15) is 5.82 Å². The van der Waals surface area contributed by atoms with Gasteiger partial charge >= 0.3 is 0 Å². The number of carbonyl (C=O) groups is 1. The van der Waals surface area contributed by atoms with E-state index in [2.05, 4.69) is 15.5 Å². The Morgan fingerprint density at radius 2 is 2.22 bits per heavy atom. The molecular formula is C14H9ClFN3O3S. The van der Waals surface area contributed by atoms with E-state index < -0.39 is 11.7 Å². The molecule has 0 atom stereocenters. The number of aromatic nitrogens is 2. The molecule has 9 heteroatoms. The molecule has 0 aliphatic heterocycles. The van der Waals surface area contributed by atoms with Gasteiger partial charge in [0.15, 0.2) is 5.76 Å². The number of halogens is 2. The Labute approximate surface area is 139 Å². The number of nitrogens with zero attached hydrogens (tertiary/aromatic N) is 2. The highest BCUT2D eigenvalue weighted by atomic mass is 35.5. The van der Waals surface area contributed by atoms with Gasteiger partial charge in [-0.15, -0.1) is 10.2 Å². The SMILES string of the molecule is O=C(CSc1nnc(-c2ccco2)o1)Nc1ccc(Cl)cc1F. The summed E-state index contributed by atoms with van der Waals surface area (Å²) in [5.41, 5.74) is 0.0572. The largest absolute Gasteiger partial charge is 0.459 e. The quantitative estimate of drug-likeness (QED) is 0.701. The average molecular weight is 354 g/mol. The van der Waals surface area contributed by atoms with Crippen LogP contribution in [0.25, 0.3) is 11.7 Å². The zero-order valence-corrected chi connectivity index (χ0v) is 13.0. The molecule has 0 aliphatic rings. The second-order valence-electron chi connectivity index (χ2n) is 4.31. The predicted octanol–water partition coefficient (Wildman–Crippen LogP) is 3.85. The van der Waals surface area contributed by atoms with Crippen molar-refractivity contribution in [1.29, 1.82) is 0 Å². The van der Waals surface area contributed by atoms with Gasteiger partial charge in [0.2, 0.25) is 5.91 Å². The molecular weight excluding hydrogens is 345 g/mol. The first kappa shape index (κ1) is 15.6. The van der Waals surface area contributed by atoms with E-state index >= 15 is 0 Å². The summed E-state index contributed by atoms with van der Waals surface area (Å²) in [5.74, 6) is -0.358. The van der Waals surface area contributed by atoms with Crippen LogP contribution in [0, 0.1) is 5.82 Å². The summed E-state index contributed by atoms with van der Waals surface area (Å²) >= 11 is 6.68. The molecule has 1 N–H and O–H groups in total. The van der Waals surface area contributed by atoms with Crippen molar-refractivity contribution in [3.8, 4) is 11.7 Å². The van der Waals surface area contributed by atoms with Gasteiger partial charge < -0.3 is 14.2 Å². The third kappa shape index (κ3) is 3.91. The number of carbonyl (C=O) groups excluding carboxylic acids is 1. The maximum Gasteiger partial charge on any atom is 0.284 e. The normalized spacial score (nSPS) is 10.7. The summed E-state index contributed by atoms with van der Waals surface area (Å²) in [5, 5.41) is 10.5. The Hall–Kier alpha value is -2.32. The van der Waals surface area contributed by atoms with Gasteiger partial charge in [0.05, 0.1) is 17.7 Å². The van der Waals surface area contributed by atoms with Crippen molar-refractivity contribution in [2.24, 2.45) is 0 Å². The molecule has 0 spiro atoms. The zero-order valence-electron chi connectivity index (χ0n) is 11.5. The van der Waals surface area contributed by atoms with Gasteiger partial charge in [-0.25, -0.2) is 4.39 Å². The number of hydrogen-bond acceptors (Lipinski definition) is 6. The lowest BCUT2D eigenvalue weighted by molar-refractivity contribution is -0.113. The van der Waals surface area contributed by atoms with Crippen molar-refractivity contribution < 1.29 is 18.0 Å². The van der Waals surface area contributed by atoms with Crippen molar-refractivity contribution in [3.63, 3.8) is 0 Å². The van der Waals surface area contributed by atoms with Crippen LogP contribution in [0.15, 0.2) is 50.7 Å². The molecule has 0 saturated carbocycles. The molecule has 2 aromatic heterocycles. The summed E-state index contributed by atoms with van der Waals surface area (Å²) in [4.78, 5) is 11.8. The van der Waals surface area contributed by atoms with Gasteiger partial charge in [-0.3, -0.25) is 4.79 Å². The lowest BCUT2D eigenvalue weighted by Gasteiger charge is -2.05. The first-order valence-electron chi connectivity index (χ1n) is 6.37. The molecule has 3 rings (SSSR count). The van der Waals surface area contributed by atoms with E-state index in [0.29, 0.717) is 5.76 Å². The molecule has 118 valence electrons. The molecule has 1 aromatic carbocycles. The molecule has 23 heavy (non-hydrogen) atoms. The molecule has 0 radical (unpaired) electrons. The van der Waals surface area contributed by atoms with Gasteiger partial charge in [0.25, 0.3) is 11.1 Å². The number of nitrogens with one attached hydrogen (secondary N) is 1. The average Bonchev–Trinajstić information content (AvgIpc) is 3.18. The second-order valence-corrected chi connectivity index (χ2v) is 5.67. The lowest BCUT2D eigenvalue weighted by Crippen LogP contribution is -2.15. The Morgan fingerprint density at radius 1 is 1.35 bits per heavy atom. The molecule has 0 saturated heterocycles. The van der Waals surface area contributed by atoms with Crippen molar-refractivity contribution in [1.82, 2.24) is 10.2 Å². The van der Waals surface area contributed by atoms with Crippen LogP contribution in [0.2, 0.25) is 5.02 Å². The highest BCUT2D eigenvalue weighted by Crippen LogP contribution is 2.24. The Kier molecular flexibility index (Phi) is 4.63. The van der Waals surface area contributed by atoms with E-state index in [0.717, 1.165) is 17.8 Å². The topological polar surface area (TPSA) is 81.2 Å². The van der Waals surface area contributed by atoms with Crippen molar-refractivity contribution >= 4 is 35.0 Å². The second kappa shape index (κ2) is 6.84. The van der Waals surface area contributed by atoms with E-state index in [1.807, 2.05) is 0 Å². The van der Waals surface area contributed by atoms with Gasteiger partial charge in [-0.05, 0) is 30.3 Å². The van der Waals surface area contributed by atoms with Crippen LogP contribution >= 0.6 is 23.4 Å². The summed E-state index contributed by atoms with van der Waals surface area (Å²) < 4.78 is 24.0. The first-order valence-corrected chi connectivity index (χ1v) is 7.73. The lowest BCUT2D eigenvalue weighted by atomic mass is 10.3. The molecule has 0 aliphatic carbocycles. The first-order chi connectivity index (χ1) is 11.1. The summed E-state index contributed by atoms with van der Waals surface area (Å²) in [6, 6.07) is 7.37. The number of furan rings is 1. The van der Waals surface area contributed by atoms with Crippen molar-refractivity contribution in [3.05, 3.63) is 47.4 Å². The monoisotopic (exact) mass is 353 g/mol. The van der Waals surface area contributed by atoms with Crippen molar-refractivity contribution in [2.75, 3.05) is 11.1 Å². The number of anilines is 1. The van der Waals surface area contributed by atoms with E-state index in [-0.39, 0.29) is 27.6 Å². The maximum absolute atomic E-state index is 13.6. The fourth-order valence-electron chi connectivity index (χ4n) is 1.67.